The molecular weight excluding hydrogens is 479 g/mol. The molecule has 1 aromatic heterocycles. The number of nitrogens with zero attached hydrogens (tertiary/aromatic N) is 3. The van der Waals surface area contributed by atoms with Crippen LogP contribution in [0.3, 0.4) is 0 Å². The number of amides is 1. The van der Waals surface area contributed by atoms with Crippen molar-refractivity contribution in [3.63, 3.8) is 0 Å². The Morgan fingerprint density at radius 1 is 1.16 bits per heavy atom. The molecule has 11 heteroatoms. The van der Waals surface area contributed by atoms with Crippen LogP contribution in [0, 0.1) is 0 Å². The lowest BCUT2D eigenvalue weighted by molar-refractivity contribution is 0.102. The number of halogens is 2. The topological polar surface area (TPSA) is 92.3 Å². The van der Waals surface area contributed by atoms with Gasteiger partial charge in [-0.25, -0.2) is 8.42 Å². The van der Waals surface area contributed by atoms with Crippen molar-refractivity contribution >= 4 is 61.3 Å². The summed E-state index contributed by atoms with van der Waals surface area (Å²) in [7, 11) is -4.04. The molecular formula is C20H18Cl2N4O3S2. The first-order valence-corrected chi connectivity index (χ1v) is 12.5. The smallest absolute Gasteiger partial charge is 0.265 e. The third kappa shape index (κ3) is 4.55. The van der Waals surface area contributed by atoms with Crippen LogP contribution in [-0.2, 0) is 10.0 Å². The van der Waals surface area contributed by atoms with Crippen molar-refractivity contribution in [3.05, 3.63) is 63.1 Å². The van der Waals surface area contributed by atoms with E-state index in [1.807, 2.05) is 0 Å². The molecule has 0 aliphatic heterocycles. The molecule has 162 valence electrons. The molecule has 1 fully saturated rings. The Kier molecular flexibility index (Phi) is 6.20. The van der Waals surface area contributed by atoms with E-state index in [2.05, 4.69) is 15.5 Å². The molecule has 1 N–H and O–H groups in total. The fraction of sp³-hybridized carbons (Fsp3) is 0.250. The van der Waals surface area contributed by atoms with Crippen LogP contribution in [0.1, 0.15) is 41.0 Å². The van der Waals surface area contributed by atoms with Gasteiger partial charge in [-0.05, 0) is 44.0 Å². The van der Waals surface area contributed by atoms with Crippen molar-refractivity contribution in [2.45, 2.75) is 30.6 Å². The number of sulfonamides is 1. The standard InChI is InChI=1S/C20H18Cl2N4O3S2/c1-2-26(13-6-4-3-5-7-13)31(28,29)17-10-14(15(21)11-16(17)22)18(27)23-20-25-24-19(30-20)12-8-9-12/h3-7,10-12H,2,8-9H2,1H3,(H,23,25,27). The Bertz CT molecular complexity index is 1230. The number of nitrogens with one attached hydrogen (secondary N) is 1. The third-order valence-corrected chi connectivity index (χ3v) is 8.43. The summed E-state index contributed by atoms with van der Waals surface area (Å²) in [5, 5.41) is 11.9. The molecule has 1 heterocycles. The Hall–Kier alpha value is -2.20. The number of para-hydroxylation sites is 1. The van der Waals surface area contributed by atoms with Crippen molar-refractivity contribution in [1.82, 2.24) is 10.2 Å². The van der Waals surface area contributed by atoms with Crippen LogP contribution < -0.4 is 9.62 Å². The van der Waals surface area contributed by atoms with Gasteiger partial charge in [0.2, 0.25) is 5.13 Å². The maximum absolute atomic E-state index is 13.4. The van der Waals surface area contributed by atoms with Crippen molar-refractivity contribution in [2.75, 3.05) is 16.2 Å². The van der Waals surface area contributed by atoms with E-state index in [0.29, 0.717) is 16.7 Å². The summed E-state index contributed by atoms with van der Waals surface area (Å²) in [6.45, 7) is 1.90. The van der Waals surface area contributed by atoms with Crippen LogP contribution >= 0.6 is 34.5 Å². The summed E-state index contributed by atoms with van der Waals surface area (Å²) in [5.74, 6) is -0.170. The van der Waals surface area contributed by atoms with Crippen molar-refractivity contribution in [3.8, 4) is 0 Å². The quantitative estimate of drug-likeness (QED) is 0.485. The maximum atomic E-state index is 13.4. The molecule has 3 aromatic rings. The normalized spacial score (nSPS) is 13.8. The van der Waals surface area contributed by atoms with E-state index >= 15 is 0 Å². The minimum atomic E-state index is -4.04. The van der Waals surface area contributed by atoms with E-state index < -0.39 is 15.9 Å². The largest absolute Gasteiger partial charge is 0.296 e. The number of carbonyl (C=O) groups is 1. The number of hydrogen-bond acceptors (Lipinski definition) is 6. The highest BCUT2D eigenvalue weighted by atomic mass is 35.5. The Morgan fingerprint density at radius 2 is 1.87 bits per heavy atom. The van der Waals surface area contributed by atoms with E-state index in [0.717, 1.165) is 17.8 Å². The summed E-state index contributed by atoms with van der Waals surface area (Å²) in [6.07, 6.45) is 2.14. The van der Waals surface area contributed by atoms with Gasteiger partial charge >= 0.3 is 0 Å². The first-order chi connectivity index (χ1) is 14.8. The Balaban J connectivity index is 1.67. The van der Waals surface area contributed by atoms with Gasteiger partial charge in [-0.2, -0.15) is 0 Å². The average molecular weight is 497 g/mol. The summed E-state index contributed by atoms with van der Waals surface area (Å²) in [4.78, 5) is 12.6. The minimum absolute atomic E-state index is 0.0167. The second-order valence-corrected chi connectivity index (χ2v) is 10.6. The Morgan fingerprint density at radius 3 is 2.52 bits per heavy atom. The van der Waals surface area contributed by atoms with Gasteiger partial charge in [-0.15, -0.1) is 10.2 Å². The molecule has 0 atom stereocenters. The number of rotatable bonds is 7. The zero-order valence-electron chi connectivity index (χ0n) is 16.4. The van der Waals surface area contributed by atoms with Crippen LogP contribution in [0.4, 0.5) is 10.8 Å². The molecule has 1 aliphatic carbocycles. The molecule has 2 aromatic carbocycles. The summed E-state index contributed by atoms with van der Waals surface area (Å²) in [6, 6.07) is 11.1. The second-order valence-electron chi connectivity index (χ2n) is 6.94. The summed E-state index contributed by atoms with van der Waals surface area (Å²) >= 11 is 13.8. The van der Waals surface area contributed by atoms with Crippen LogP contribution in [0.5, 0.6) is 0 Å². The second kappa shape index (κ2) is 8.74. The van der Waals surface area contributed by atoms with Crippen molar-refractivity contribution in [1.29, 1.82) is 0 Å². The van der Waals surface area contributed by atoms with Gasteiger partial charge in [0.05, 0.1) is 21.3 Å². The van der Waals surface area contributed by atoms with E-state index in [1.165, 1.54) is 27.8 Å². The molecule has 4 rings (SSSR count). The van der Waals surface area contributed by atoms with E-state index in [4.69, 9.17) is 23.2 Å². The number of anilines is 2. The first kappa shape index (κ1) is 22.0. The molecule has 0 spiro atoms. The van der Waals surface area contributed by atoms with Crippen LogP contribution in [0.2, 0.25) is 10.0 Å². The molecule has 0 unspecified atom stereocenters. The third-order valence-electron chi connectivity index (χ3n) is 4.75. The lowest BCUT2D eigenvalue weighted by Gasteiger charge is -2.23. The molecule has 0 bridgehead atoms. The van der Waals surface area contributed by atoms with E-state index in [9.17, 15) is 13.2 Å². The van der Waals surface area contributed by atoms with Crippen molar-refractivity contribution in [2.24, 2.45) is 0 Å². The maximum Gasteiger partial charge on any atom is 0.265 e. The fourth-order valence-electron chi connectivity index (χ4n) is 3.05. The molecule has 1 aliphatic rings. The SMILES string of the molecule is CCN(c1ccccc1)S(=O)(=O)c1cc(C(=O)Nc2nnc(C3CC3)s2)c(Cl)cc1Cl. The minimum Gasteiger partial charge on any atom is -0.296 e. The predicted molar refractivity (Wildman–Crippen MR) is 123 cm³/mol. The summed E-state index contributed by atoms with van der Waals surface area (Å²) in [5.41, 5.74) is 0.473. The highest BCUT2D eigenvalue weighted by Crippen LogP contribution is 2.42. The van der Waals surface area contributed by atoms with Gasteiger partial charge in [0, 0.05) is 12.5 Å². The van der Waals surface area contributed by atoms with Crippen LogP contribution in [0.15, 0.2) is 47.4 Å². The molecule has 1 amide bonds. The van der Waals surface area contributed by atoms with E-state index in [1.54, 1.807) is 37.3 Å². The summed E-state index contributed by atoms with van der Waals surface area (Å²) < 4.78 is 27.9. The zero-order valence-corrected chi connectivity index (χ0v) is 19.5. The lowest BCUT2D eigenvalue weighted by atomic mass is 10.2. The van der Waals surface area contributed by atoms with Gasteiger partial charge in [0.1, 0.15) is 9.90 Å². The number of hydrogen-bond donors (Lipinski definition) is 1. The monoisotopic (exact) mass is 496 g/mol. The molecule has 0 radical (unpaired) electrons. The zero-order chi connectivity index (χ0) is 22.2. The molecule has 0 saturated heterocycles. The molecule has 7 nitrogen and oxygen atoms in total. The number of carbonyl (C=O) groups excluding carboxylic acids is 1. The number of aromatic nitrogens is 2. The first-order valence-electron chi connectivity index (χ1n) is 9.53. The van der Waals surface area contributed by atoms with E-state index in [-0.39, 0.29) is 27.0 Å². The number of benzene rings is 2. The van der Waals surface area contributed by atoms with Gasteiger partial charge in [-0.3, -0.25) is 14.4 Å². The van der Waals surface area contributed by atoms with Gasteiger partial charge < -0.3 is 0 Å². The molecule has 1 saturated carbocycles. The van der Waals surface area contributed by atoms with Crippen LogP contribution in [-0.4, -0.2) is 31.1 Å². The Labute approximate surface area is 194 Å². The molecule has 31 heavy (non-hydrogen) atoms. The van der Waals surface area contributed by atoms with Gasteiger partial charge in [0.25, 0.3) is 15.9 Å². The highest BCUT2D eigenvalue weighted by molar-refractivity contribution is 7.93. The highest BCUT2D eigenvalue weighted by Gasteiger charge is 2.30. The van der Waals surface area contributed by atoms with Crippen molar-refractivity contribution < 1.29 is 13.2 Å². The fourth-order valence-corrected chi connectivity index (χ4v) is 6.27. The van der Waals surface area contributed by atoms with Gasteiger partial charge in [-0.1, -0.05) is 52.7 Å². The lowest BCUT2D eigenvalue weighted by Crippen LogP contribution is -2.31. The van der Waals surface area contributed by atoms with Crippen LogP contribution in [0.25, 0.3) is 0 Å². The average Bonchev–Trinajstić information content (AvgIpc) is 3.48. The van der Waals surface area contributed by atoms with Gasteiger partial charge in [0.15, 0.2) is 0 Å². The predicted octanol–water partition coefficient (Wildman–Crippen LogP) is 5.19.